The molecule has 2 N–H and O–H groups in total. The Kier molecular flexibility index (Phi) is 13.3. The van der Waals surface area contributed by atoms with Crippen molar-refractivity contribution in [3.63, 3.8) is 0 Å². The second-order valence-electron chi connectivity index (χ2n) is 14.6. The van der Waals surface area contributed by atoms with Crippen molar-refractivity contribution in [2.75, 3.05) is 13.1 Å². The molecule has 0 fully saturated rings. The topological polar surface area (TPSA) is 59.7 Å². The first kappa shape index (κ1) is 37.8. The molecule has 0 bridgehead atoms. The highest BCUT2D eigenvalue weighted by atomic mass is 35.5. The molecule has 50 heavy (non-hydrogen) atoms. The minimum atomic E-state index is 0. The molecule has 0 aliphatic carbocycles. The monoisotopic (exact) mass is 694 g/mol. The average molecular weight is 695 g/mol. The number of aryl methyl sites for hydroxylation is 2. The standard InChI is InChI=1S/C43H58N6.ClH/c1-7-9-24-48-38-20-14-12-18-34(38)36-26-32(46-40(30(3)4)42(36)48)28-44-22-16-11-17-23-45-29-33-27-37-35-19-13-15-21-39(35)49(25-10-8-2)43(37)41(47-33)31(5)6;/h12-15,18-21,26-27,30-31,44-45H,7-11,16-17,22-25,28-29H2,1-6H3;1H. The van der Waals surface area contributed by atoms with Crippen LogP contribution < -0.4 is 10.6 Å². The fourth-order valence-electron chi connectivity index (χ4n) is 7.51. The van der Waals surface area contributed by atoms with Crippen molar-refractivity contribution in [3.8, 4) is 0 Å². The first-order valence-electron chi connectivity index (χ1n) is 19.2. The van der Waals surface area contributed by atoms with Crippen LogP contribution >= 0.6 is 12.4 Å². The van der Waals surface area contributed by atoms with E-state index >= 15 is 0 Å². The zero-order valence-corrected chi connectivity index (χ0v) is 32.1. The lowest BCUT2D eigenvalue weighted by Gasteiger charge is -2.14. The fourth-order valence-corrected chi connectivity index (χ4v) is 7.51. The number of aromatic nitrogens is 4. The largest absolute Gasteiger partial charge is 0.339 e. The number of para-hydroxylation sites is 2. The van der Waals surface area contributed by atoms with Gasteiger partial charge >= 0.3 is 0 Å². The smallest absolute Gasteiger partial charge is 0.0713 e. The molecule has 2 aromatic carbocycles. The second kappa shape index (κ2) is 17.7. The van der Waals surface area contributed by atoms with Gasteiger partial charge in [-0.2, -0.15) is 0 Å². The van der Waals surface area contributed by atoms with Crippen LogP contribution in [-0.2, 0) is 26.2 Å². The van der Waals surface area contributed by atoms with E-state index in [2.05, 4.69) is 122 Å². The van der Waals surface area contributed by atoms with Crippen LogP contribution in [-0.4, -0.2) is 32.2 Å². The van der Waals surface area contributed by atoms with Crippen LogP contribution in [0.15, 0.2) is 60.7 Å². The summed E-state index contributed by atoms with van der Waals surface area (Å²) in [6.07, 6.45) is 8.27. The third kappa shape index (κ3) is 8.03. The summed E-state index contributed by atoms with van der Waals surface area (Å²) in [6, 6.07) is 22.4. The molecule has 0 atom stereocenters. The SMILES string of the molecule is CCCCn1c2ccccc2c2cc(CNCCCCCNCc3cc4c5ccccc5n(CCCC)c4c(C(C)C)n3)nc(C(C)C)c21.Cl. The van der Waals surface area contributed by atoms with E-state index in [0.717, 1.165) is 63.5 Å². The summed E-state index contributed by atoms with van der Waals surface area (Å²) in [6.45, 7) is 19.4. The summed E-state index contributed by atoms with van der Waals surface area (Å²) >= 11 is 0. The number of halogens is 1. The van der Waals surface area contributed by atoms with Crippen molar-refractivity contribution < 1.29 is 0 Å². The fraction of sp³-hybridized carbons (Fsp3) is 0.488. The zero-order chi connectivity index (χ0) is 34.3. The summed E-state index contributed by atoms with van der Waals surface area (Å²) in [5, 5.41) is 12.8. The Morgan fingerprint density at radius 1 is 0.560 bits per heavy atom. The van der Waals surface area contributed by atoms with Gasteiger partial charge in [0.2, 0.25) is 0 Å². The van der Waals surface area contributed by atoms with Gasteiger partial charge in [-0.15, -0.1) is 12.4 Å². The van der Waals surface area contributed by atoms with Crippen LogP contribution in [0.3, 0.4) is 0 Å². The Bertz CT molecular complexity index is 1860. The maximum atomic E-state index is 5.22. The molecular weight excluding hydrogens is 636 g/mol. The number of pyridine rings is 2. The second-order valence-corrected chi connectivity index (χ2v) is 14.6. The van der Waals surface area contributed by atoms with Gasteiger partial charge in [0.1, 0.15) is 0 Å². The first-order valence-corrected chi connectivity index (χ1v) is 19.2. The lowest BCUT2D eigenvalue weighted by molar-refractivity contribution is 0.565. The Hall–Kier alpha value is -3.45. The van der Waals surface area contributed by atoms with Gasteiger partial charge in [-0.05, 0) is 74.9 Å². The van der Waals surface area contributed by atoms with Crippen molar-refractivity contribution in [1.29, 1.82) is 0 Å². The van der Waals surface area contributed by atoms with E-state index in [1.54, 1.807) is 0 Å². The molecular formula is C43H59ClN6. The number of hydrogen-bond donors (Lipinski definition) is 2. The summed E-state index contributed by atoms with van der Waals surface area (Å²) in [5.74, 6) is 0.750. The van der Waals surface area contributed by atoms with Gasteiger partial charge in [0.25, 0.3) is 0 Å². The Morgan fingerprint density at radius 2 is 0.980 bits per heavy atom. The third-order valence-electron chi connectivity index (χ3n) is 10.0. The van der Waals surface area contributed by atoms with Crippen LogP contribution in [0.1, 0.15) is 121 Å². The lowest BCUT2D eigenvalue weighted by Crippen LogP contribution is -2.18. The van der Waals surface area contributed by atoms with Crippen molar-refractivity contribution >= 4 is 56.0 Å². The number of benzene rings is 2. The Labute approximate surface area is 305 Å². The van der Waals surface area contributed by atoms with Crippen LogP contribution in [0.5, 0.6) is 0 Å². The highest BCUT2D eigenvalue weighted by molar-refractivity contribution is 6.10. The molecule has 0 unspecified atom stereocenters. The molecule has 0 aliphatic heterocycles. The van der Waals surface area contributed by atoms with Gasteiger partial charge < -0.3 is 19.8 Å². The summed E-state index contributed by atoms with van der Waals surface area (Å²) in [5.41, 5.74) is 10.1. The van der Waals surface area contributed by atoms with Crippen molar-refractivity contribution in [2.45, 2.75) is 125 Å². The number of rotatable bonds is 18. The van der Waals surface area contributed by atoms with Gasteiger partial charge in [-0.3, -0.25) is 9.97 Å². The van der Waals surface area contributed by atoms with Gasteiger partial charge in [-0.25, -0.2) is 0 Å². The highest BCUT2D eigenvalue weighted by Crippen LogP contribution is 2.35. The third-order valence-corrected chi connectivity index (χ3v) is 10.0. The molecule has 6 rings (SSSR count). The molecule has 0 spiro atoms. The van der Waals surface area contributed by atoms with E-state index in [1.807, 2.05) is 0 Å². The minimum Gasteiger partial charge on any atom is -0.339 e. The van der Waals surface area contributed by atoms with Crippen LogP contribution in [0.4, 0.5) is 0 Å². The van der Waals surface area contributed by atoms with E-state index in [-0.39, 0.29) is 12.4 Å². The van der Waals surface area contributed by atoms with Crippen molar-refractivity contribution in [2.24, 2.45) is 0 Å². The molecule has 4 heterocycles. The van der Waals surface area contributed by atoms with Gasteiger partial charge in [0.05, 0.1) is 33.8 Å². The minimum absolute atomic E-state index is 0. The van der Waals surface area contributed by atoms with E-state index in [0.29, 0.717) is 11.8 Å². The van der Waals surface area contributed by atoms with E-state index in [4.69, 9.17) is 9.97 Å². The molecule has 6 nitrogen and oxygen atoms in total. The number of nitrogens with one attached hydrogen (secondary N) is 2. The number of hydrogen-bond acceptors (Lipinski definition) is 4. The molecule has 0 radical (unpaired) electrons. The van der Waals surface area contributed by atoms with Gasteiger partial charge in [0.15, 0.2) is 0 Å². The summed E-state index contributed by atoms with van der Waals surface area (Å²) in [4.78, 5) is 10.4. The van der Waals surface area contributed by atoms with Crippen LogP contribution in [0.25, 0.3) is 43.6 Å². The molecule has 268 valence electrons. The Morgan fingerprint density at radius 3 is 1.38 bits per heavy atom. The summed E-state index contributed by atoms with van der Waals surface area (Å²) < 4.78 is 5.04. The normalized spacial score (nSPS) is 12.0. The predicted molar refractivity (Wildman–Crippen MR) is 217 cm³/mol. The van der Waals surface area contributed by atoms with Crippen molar-refractivity contribution in [1.82, 2.24) is 29.7 Å². The number of unbranched alkanes of at least 4 members (excludes halogenated alkanes) is 4. The van der Waals surface area contributed by atoms with E-state index < -0.39 is 0 Å². The average Bonchev–Trinajstić information content (AvgIpc) is 3.60. The van der Waals surface area contributed by atoms with Gasteiger partial charge in [0, 0.05) is 58.8 Å². The van der Waals surface area contributed by atoms with E-state index in [9.17, 15) is 0 Å². The molecule has 6 aromatic rings. The molecule has 0 aliphatic rings. The summed E-state index contributed by atoms with van der Waals surface area (Å²) in [7, 11) is 0. The molecule has 4 aromatic heterocycles. The number of fused-ring (bicyclic) bond motifs is 6. The predicted octanol–water partition coefficient (Wildman–Crippen LogP) is 11.0. The quantitative estimate of drug-likeness (QED) is 0.0879. The first-order chi connectivity index (χ1) is 23.9. The van der Waals surface area contributed by atoms with Gasteiger partial charge in [-0.1, -0.05) is 97.2 Å². The zero-order valence-electron chi connectivity index (χ0n) is 31.3. The molecule has 0 amide bonds. The maximum Gasteiger partial charge on any atom is 0.0713 e. The Balaban J connectivity index is 0.00000486. The molecule has 7 heteroatoms. The lowest BCUT2D eigenvalue weighted by atomic mass is 10.0. The van der Waals surface area contributed by atoms with Crippen LogP contribution in [0.2, 0.25) is 0 Å². The molecule has 0 saturated heterocycles. The molecule has 0 saturated carbocycles. The maximum absolute atomic E-state index is 5.22. The van der Waals surface area contributed by atoms with Crippen molar-refractivity contribution in [3.05, 3.63) is 83.4 Å². The van der Waals surface area contributed by atoms with E-state index in [1.165, 1.54) is 87.1 Å². The number of nitrogens with zero attached hydrogens (tertiary/aromatic N) is 4. The highest BCUT2D eigenvalue weighted by Gasteiger charge is 2.19. The van der Waals surface area contributed by atoms with Crippen LogP contribution in [0, 0.1) is 0 Å².